The number of hydrogen-bond acceptors (Lipinski definition) is 5. The third-order valence-electron chi connectivity index (χ3n) is 6.72. The molecule has 0 aromatic heterocycles. The van der Waals surface area contributed by atoms with Gasteiger partial charge in [-0.2, -0.15) is 0 Å². The number of carbonyl (C=O) groups excluding carboxylic acids is 2. The maximum absolute atomic E-state index is 12.6. The van der Waals surface area contributed by atoms with Crippen LogP contribution in [0, 0.1) is 22.7 Å². The Morgan fingerprint density at radius 1 is 1.36 bits per heavy atom. The number of hydrogen-bond donors (Lipinski definition) is 0. The highest BCUT2D eigenvalue weighted by Gasteiger charge is 2.67. The normalized spacial score (nSPS) is 37.2. The van der Waals surface area contributed by atoms with E-state index in [0.717, 1.165) is 18.6 Å². The van der Waals surface area contributed by atoms with Crippen LogP contribution in [0.5, 0.6) is 0 Å². The minimum Gasteiger partial charge on any atom is -0.460 e. The molecule has 1 heterocycles. The van der Waals surface area contributed by atoms with Gasteiger partial charge in [-0.15, -0.1) is 0 Å². The number of aliphatic imine (C=N–C) groups is 1. The minimum atomic E-state index is -0.606. The molecule has 0 aromatic carbocycles. The van der Waals surface area contributed by atoms with Gasteiger partial charge in [0.2, 0.25) is 0 Å². The zero-order valence-electron chi connectivity index (χ0n) is 16.5. The van der Waals surface area contributed by atoms with Crippen molar-refractivity contribution in [2.75, 3.05) is 0 Å². The molecule has 25 heavy (non-hydrogen) atoms. The van der Waals surface area contributed by atoms with Gasteiger partial charge in [-0.3, -0.25) is 9.79 Å². The van der Waals surface area contributed by atoms with Crippen molar-refractivity contribution < 1.29 is 19.1 Å². The lowest BCUT2D eigenvalue weighted by Gasteiger charge is -2.37. The first-order valence-corrected chi connectivity index (χ1v) is 9.37. The SMILES string of the molecule is CC(CC(=O)OC(C)(C)C)[C@H]1N=C2C(OC1=O)[C@H]1CC[C@]2(C)C1(C)C. The van der Waals surface area contributed by atoms with Crippen LogP contribution in [0.1, 0.15) is 67.7 Å². The molecular weight excluding hydrogens is 318 g/mol. The third-order valence-corrected chi connectivity index (χ3v) is 6.72. The van der Waals surface area contributed by atoms with Crippen molar-refractivity contribution >= 4 is 17.7 Å². The van der Waals surface area contributed by atoms with E-state index in [1.807, 2.05) is 27.7 Å². The second-order valence-corrected chi connectivity index (χ2v) is 9.78. The van der Waals surface area contributed by atoms with Gasteiger partial charge in [-0.05, 0) is 44.9 Å². The maximum atomic E-state index is 12.6. The second kappa shape index (κ2) is 5.55. The van der Waals surface area contributed by atoms with Gasteiger partial charge in [0, 0.05) is 11.3 Å². The molecule has 3 aliphatic rings. The molecule has 0 N–H and O–H groups in total. The molecule has 5 heteroatoms. The highest BCUT2D eigenvalue weighted by atomic mass is 16.6. The smallest absolute Gasteiger partial charge is 0.331 e. The Morgan fingerprint density at radius 2 is 2.00 bits per heavy atom. The van der Waals surface area contributed by atoms with Gasteiger partial charge in [-0.25, -0.2) is 4.79 Å². The van der Waals surface area contributed by atoms with E-state index in [4.69, 9.17) is 14.5 Å². The Balaban J connectivity index is 1.80. The Labute approximate surface area is 150 Å². The number of carbonyl (C=O) groups is 2. The van der Waals surface area contributed by atoms with E-state index in [2.05, 4.69) is 20.8 Å². The van der Waals surface area contributed by atoms with E-state index in [0.29, 0.717) is 5.92 Å². The van der Waals surface area contributed by atoms with Gasteiger partial charge in [0.05, 0.1) is 12.1 Å². The number of rotatable bonds is 3. The Kier molecular flexibility index (Phi) is 4.09. The number of ether oxygens (including phenoxy) is 2. The summed E-state index contributed by atoms with van der Waals surface area (Å²) in [6, 6.07) is -0.606. The van der Waals surface area contributed by atoms with Gasteiger partial charge >= 0.3 is 11.9 Å². The first-order chi connectivity index (χ1) is 11.4. The van der Waals surface area contributed by atoms with Crippen LogP contribution in [0.2, 0.25) is 0 Å². The van der Waals surface area contributed by atoms with Crippen LogP contribution in [0.25, 0.3) is 0 Å². The van der Waals surface area contributed by atoms with E-state index >= 15 is 0 Å². The molecule has 2 unspecified atom stereocenters. The Hall–Kier alpha value is -1.39. The lowest BCUT2D eigenvalue weighted by atomic mass is 9.70. The van der Waals surface area contributed by atoms with Crippen LogP contribution in [-0.4, -0.2) is 35.4 Å². The van der Waals surface area contributed by atoms with E-state index in [-0.39, 0.29) is 41.2 Å². The maximum Gasteiger partial charge on any atom is 0.331 e. The summed E-state index contributed by atoms with van der Waals surface area (Å²) in [5, 5.41) is 0. The number of nitrogens with zero attached hydrogens (tertiary/aromatic N) is 1. The molecule has 2 bridgehead atoms. The zero-order chi connectivity index (χ0) is 18.8. The fourth-order valence-electron chi connectivity index (χ4n) is 4.90. The fraction of sp³-hybridized carbons (Fsp3) is 0.850. The van der Waals surface area contributed by atoms with Gasteiger partial charge < -0.3 is 9.47 Å². The zero-order valence-corrected chi connectivity index (χ0v) is 16.5. The lowest BCUT2D eigenvalue weighted by Crippen LogP contribution is -2.46. The van der Waals surface area contributed by atoms with Crippen molar-refractivity contribution in [2.45, 2.75) is 85.5 Å². The molecule has 0 amide bonds. The lowest BCUT2D eigenvalue weighted by molar-refractivity contribution is -0.157. The van der Waals surface area contributed by atoms with Crippen LogP contribution >= 0.6 is 0 Å². The van der Waals surface area contributed by atoms with E-state index < -0.39 is 11.6 Å². The Bertz CT molecular complexity index is 630. The molecule has 2 aliphatic carbocycles. The average Bonchev–Trinajstić information content (AvgIpc) is 2.75. The van der Waals surface area contributed by atoms with E-state index in [9.17, 15) is 9.59 Å². The molecule has 140 valence electrons. The summed E-state index contributed by atoms with van der Waals surface area (Å²) >= 11 is 0. The fourth-order valence-corrected chi connectivity index (χ4v) is 4.90. The van der Waals surface area contributed by atoms with Gasteiger partial charge in [0.1, 0.15) is 11.7 Å². The summed E-state index contributed by atoms with van der Waals surface area (Å²) < 4.78 is 11.2. The first kappa shape index (κ1) is 18.4. The molecule has 2 saturated carbocycles. The topological polar surface area (TPSA) is 65.0 Å². The molecule has 1 aliphatic heterocycles. The van der Waals surface area contributed by atoms with Crippen LogP contribution in [-0.2, 0) is 19.1 Å². The van der Waals surface area contributed by atoms with Crippen LogP contribution in [0.3, 0.4) is 0 Å². The van der Waals surface area contributed by atoms with Gasteiger partial charge in [0.15, 0.2) is 6.04 Å². The van der Waals surface area contributed by atoms with Gasteiger partial charge in [0.25, 0.3) is 0 Å². The van der Waals surface area contributed by atoms with Crippen molar-refractivity contribution in [3.8, 4) is 0 Å². The van der Waals surface area contributed by atoms with E-state index in [1.54, 1.807) is 0 Å². The molecule has 5 nitrogen and oxygen atoms in total. The predicted octanol–water partition coefficient (Wildman–Crippen LogP) is 3.55. The summed E-state index contributed by atoms with van der Waals surface area (Å²) in [4.78, 5) is 29.5. The molecule has 0 spiro atoms. The molecule has 3 rings (SSSR count). The average molecular weight is 349 g/mol. The molecule has 5 atom stereocenters. The van der Waals surface area contributed by atoms with Crippen molar-refractivity contribution in [3.63, 3.8) is 0 Å². The molecule has 0 radical (unpaired) electrons. The molecule has 2 fully saturated rings. The monoisotopic (exact) mass is 349 g/mol. The van der Waals surface area contributed by atoms with Crippen LogP contribution < -0.4 is 0 Å². The summed E-state index contributed by atoms with van der Waals surface area (Å²) in [5.74, 6) is -0.477. The number of esters is 2. The summed E-state index contributed by atoms with van der Waals surface area (Å²) in [5.41, 5.74) is 0.574. The van der Waals surface area contributed by atoms with E-state index in [1.165, 1.54) is 0 Å². The predicted molar refractivity (Wildman–Crippen MR) is 95.3 cm³/mol. The van der Waals surface area contributed by atoms with Crippen molar-refractivity contribution in [3.05, 3.63) is 0 Å². The minimum absolute atomic E-state index is 0.0209. The van der Waals surface area contributed by atoms with Crippen LogP contribution in [0.4, 0.5) is 0 Å². The molecule has 0 aromatic rings. The highest BCUT2D eigenvalue weighted by Crippen LogP contribution is 2.65. The quantitative estimate of drug-likeness (QED) is 0.731. The van der Waals surface area contributed by atoms with Crippen molar-refractivity contribution in [1.82, 2.24) is 0 Å². The van der Waals surface area contributed by atoms with Crippen LogP contribution in [0.15, 0.2) is 4.99 Å². The molecular formula is C20H31NO4. The largest absolute Gasteiger partial charge is 0.460 e. The number of fused-ring (bicyclic) bond motifs is 5. The Morgan fingerprint density at radius 3 is 2.60 bits per heavy atom. The molecule has 0 saturated heterocycles. The summed E-state index contributed by atoms with van der Waals surface area (Å²) in [6.07, 6.45) is 2.16. The standard InChI is InChI=1S/C20H31NO4/c1-11(10-13(22)25-18(2,3)4)14-17(23)24-15-12-8-9-20(7,16(15)21-14)19(12,5)6/h11-12,14-15H,8-10H2,1-7H3/t11?,12-,14-,15?,20+/m1/s1. The second-order valence-electron chi connectivity index (χ2n) is 9.78. The van der Waals surface area contributed by atoms with Gasteiger partial charge in [-0.1, -0.05) is 27.7 Å². The van der Waals surface area contributed by atoms with Crippen molar-refractivity contribution in [1.29, 1.82) is 0 Å². The summed E-state index contributed by atoms with van der Waals surface area (Å²) in [7, 11) is 0. The highest BCUT2D eigenvalue weighted by molar-refractivity contribution is 6.03. The van der Waals surface area contributed by atoms with Crippen molar-refractivity contribution in [2.24, 2.45) is 27.7 Å². The summed E-state index contributed by atoms with van der Waals surface area (Å²) in [6.45, 7) is 14.2. The third kappa shape index (κ3) is 2.80. The first-order valence-electron chi connectivity index (χ1n) is 9.37.